The van der Waals surface area contributed by atoms with E-state index in [2.05, 4.69) is 5.32 Å². The SMILES string of the molecule is CCCC(C)(NC(=O)c1cc(C)ccc1C)C(=O)O. The molecule has 0 saturated carbocycles. The third kappa shape index (κ3) is 3.56. The van der Waals surface area contributed by atoms with Crippen LogP contribution in [0.3, 0.4) is 0 Å². The lowest BCUT2D eigenvalue weighted by Gasteiger charge is -2.26. The summed E-state index contributed by atoms with van der Waals surface area (Å²) in [6.45, 7) is 7.18. The smallest absolute Gasteiger partial charge is 0.329 e. The van der Waals surface area contributed by atoms with Gasteiger partial charge >= 0.3 is 5.97 Å². The number of hydrogen-bond donors (Lipinski definition) is 2. The van der Waals surface area contributed by atoms with Gasteiger partial charge in [-0.3, -0.25) is 4.79 Å². The fourth-order valence-corrected chi connectivity index (χ4v) is 2.02. The van der Waals surface area contributed by atoms with Crippen LogP contribution in [0.2, 0.25) is 0 Å². The highest BCUT2D eigenvalue weighted by Crippen LogP contribution is 2.16. The molecule has 0 radical (unpaired) electrons. The van der Waals surface area contributed by atoms with Crippen LogP contribution in [0.1, 0.15) is 48.2 Å². The van der Waals surface area contributed by atoms with Crippen molar-refractivity contribution in [1.29, 1.82) is 0 Å². The fraction of sp³-hybridized carbons (Fsp3) is 0.467. The van der Waals surface area contributed by atoms with Crippen LogP contribution < -0.4 is 5.32 Å². The maximum Gasteiger partial charge on any atom is 0.329 e. The van der Waals surface area contributed by atoms with E-state index in [-0.39, 0.29) is 5.91 Å². The van der Waals surface area contributed by atoms with Gasteiger partial charge in [0.1, 0.15) is 5.54 Å². The predicted molar refractivity (Wildman–Crippen MR) is 74.3 cm³/mol. The van der Waals surface area contributed by atoms with Crippen LogP contribution in [-0.4, -0.2) is 22.5 Å². The fourth-order valence-electron chi connectivity index (χ4n) is 2.02. The molecule has 1 amide bonds. The molecule has 0 aliphatic rings. The summed E-state index contributed by atoms with van der Waals surface area (Å²) in [7, 11) is 0. The molecular weight excluding hydrogens is 242 g/mol. The van der Waals surface area contributed by atoms with Gasteiger partial charge in [0.25, 0.3) is 5.91 Å². The van der Waals surface area contributed by atoms with Gasteiger partial charge in [0, 0.05) is 5.56 Å². The number of hydrogen-bond acceptors (Lipinski definition) is 2. The van der Waals surface area contributed by atoms with Crippen LogP contribution in [0.4, 0.5) is 0 Å². The van der Waals surface area contributed by atoms with Crippen molar-refractivity contribution < 1.29 is 14.7 Å². The molecule has 0 heterocycles. The minimum absolute atomic E-state index is 0.334. The molecule has 19 heavy (non-hydrogen) atoms. The second-order valence-corrected chi connectivity index (χ2v) is 5.16. The molecule has 1 atom stereocenters. The number of carbonyl (C=O) groups is 2. The number of carbonyl (C=O) groups excluding carboxylic acids is 1. The van der Waals surface area contributed by atoms with Gasteiger partial charge in [-0.15, -0.1) is 0 Å². The molecule has 1 rings (SSSR count). The Bertz CT molecular complexity index is 496. The summed E-state index contributed by atoms with van der Waals surface area (Å²) in [6, 6.07) is 5.57. The van der Waals surface area contributed by atoms with Crippen molar-refractivity contribution in [2.24, 2.45) is 0 Å². The molecule has 1 unspecified atom stereocenters. The van der Waals surface area contributed by atoms with Crippen molar-refractivity contribution in [3.8, 4) is 0 Å². The largest absolute Gasteiger partial charge is 0.480 e. The Morgan fingerprint density at radius 1 is 1.32 bits per heavy atom. The summed E-state index contributed by atoms with van der Waals surface area (Å²) in [6.07, 6.45) is 1.09. The summed E-state index contributed by atoms with van der Waals surface area (Å²) >= 11 is 0. The van der Waals surface area contributed by atoms with Crippen molar-refractivity contribution in [2.45, 2.75) is 46.1 Å². The van der Waals surface area contributed by atoms with Crippen molar-refractivity contribution in [1.82, 2.24) is 5.32 Å². The van der Waals surface area contributed by atoms with Crippen molar-refractivity contribution >= 4 is 11.9 Å². The first-order chi connectivity index (χ1) is 8.80. The highest BCUT2D eigenvalue weighted by Gasteiger charge is 2.34. The maximum atomic E-state index is 12.2. The van der Waals surface area contributed by atoms with Gasteiger partial charge < -0.3 is 10.4 Å². The van der Waals surface area contributed by atoms with Gasteiger partial charge in [-0.2, -0.15) is 0 Å². The number of carboxylic acid groups (broad SMARTS) is 1. The minimum atomic E-state index is -1.22. The lowest BCUT2D eigenvalue weighted by atomic mass is 9.95. The van der Waals surface area contributed by atoms with Gasteiger partial charge in [-0.05, 0) is 38.8 Å². The van der Waals surface area contributed by atoms with Crippen LogP contribution in [0, 0.1) is 13.8 Å². The van der Waals surface area contributed by atoms with Crippen LogP contribution in [0.25, 0.3) is 0 Å². The normalized spacial score (nSPS) is 13.7. The number of carboxylic acids is 1. The first-order valence-electron chi connectivity index (χ1n) is 6.43. The highest BCUT2D eigenvalue weighted by molar-refractivity contribution is 5.99. The molecule has 4 heteroatoms. The van der Waals surface area contributed by atoms with Crippen molar-refractivity contribution in [3.63, 3.8) is 0 Å². The van der Waals surface area contributed by atoms with Gasteiger partial charge in [0.05, 0.1) is 0 Å². The van der Waals surface area contributed by atoms with Gasteiger partial charge in [-0.25, -0.2) is 4.79 Å². The highest BCUT2D eigenvalue weighted by atomic mass is 16.4. The van der Waals surface area contributed by atoms with Crippen molar-refractivity contribution in [3.05, 3.63) is 34.9 Å². The standard InChI is InChI=1S/C15H21NO3/c1-5-8-15(4,14(18)19)16-13(17)12-9-10(2)6-7-11(12)3/h6-7,9H,5,8H2,1-4H3,(H,16,17)(H,18,19). The van der Waals surface area contributed by atoms with Gasteiger partial charge in [0.15, 0.2) is 0 Å². The first kappa shape index (κ1) is 15.2. The zero-order chi connectivity index (χ0) is 14.6. The van der Waals surface area contributed by atoms with Crippen LogP contribution >= 0.6 is 0 Å². The Morgan fingerprint density at radius 3 is 2.47 bits per heavy atom. The van der Waals surface area contributed by atoms with Crippen LogP contribution in [0.5, 0.6) is 0 Å². The van der Waals surface area contributed by atoms with E-state index in [1.165, 1.54) is 0 Å². The molecule has 4 nitrogen and oxygen atoms in total. The summed E-state index contributed by atoms with van der Waals surface area (Å²) in [4.78, 5) is 23.6. The number of amides is 1. The molecule has 1 aromatic carbocycles. The lowest BCUT2D eigenvalue weighted by Crippen LogP contribution is -2.52. The molecule has 0 aliphatic heterocycles. The van der Waals surface area contributed by atoms with E-state index in [0.29, 0.717) is 18.4 Å². The first-order valence-corrected chi connectivity index (χ1v) is 6.43. The average Bonchev–Trinajstić information content (AvgIpc) is 2.32. The second-order valence-electron chi connectivity index (χ2n) is 5.16. The number of aliphatic carboxylic acids is 1. The third-order valence-electron chi connectivity index (χ3n) is 3.25. The molecule has 0 aromatic heterocycles. The van der Waals surface area contributed by atoms with E-state index in [9.17, 15) is 14.7 Å². The molecular formula is C15H21NO3. The predicted octanol–water partition coefficient (Wildman–Crippen LogP) is 2.68. The van der Waals surface area contributed by atoms with Gasteiger partial charge in [0.2, 0.25) is 0 Å². The number of nitrogens with one attached hydrogen (secondary N) is 1. The van der Waals surface area contributed by atoms with E-state index in [4.69, 9.17) is 0 Å². The average molecular weight is 263 g/mol. The zero-order valence-electron chi connectivity index (χ0n) is 11.9. The van der Waals surface area contributed by atoms with Crippen molar-refractivity contribution in [2.75, 3.05) is 0 Å². The molecule has 0 saturated heterocycles. The van der Waals surface area contributed by atoms with E-state index in [0.717, 1.165) is 11.1 Å². The number of aryl methyl sites for hydroxylation is 2. The molecule has 0 fully saturated rings. The lowest BCUT2D eigenvalue weighted by molar-refractivity contribution is -0.144. The van der Waals surface area contributed by atoms with Crippen LogP contribution in [0.15, 0.2) is 18.2 Å². The Balaban J connectivity index is 3.00. The molecule has 1 aromatic rings. The second kappa shape index (κ2) is 5.87. The minimum Gasteiger partial charge on any atom is -0.480 e. The van der Waals surface area contributed by atoms with E-state index in [1.54, 1.807) is 13.0 Å². The number of benzene rings is 1. The van der Waals surface area contributed by atoms with Crippen LogP contribution in [-0.2, 0) is 4.79 Å². The van der Waals surface area contributed by atoms with E-state index < -0.39 is 11.5 Å². The monoisotopic (exact) mass is 263 g/mol. The summed E-state index contributed by atoms with van der Waals surface area (Å²) in [5.74, 6) is -1.34. The number of rotatable bonds is 5. The Morgan fingerprint density at radius 2 is 1.95 bits per heavy atom. The Kier molecular flexibility index (Phi) is 4.70. The molecule has 0 bridgehead atoms. The van der Waals surface area contributed by atoms with Gasteiger partial charge in [-0.1, -0.05) is 31.0 Å². The molecule has 0 spiro atoms. The summed E-state index contributed by atoms with van der Waals surface area (Å²) in [5, 5.41) is 11.9. The maximum absolute atomic E-state index is 12.2. The quantitative estimate of drug-likeness (QED) is 0.858. The summed E-state index contributed by atoms with van der Waals surface area (Å²) in [5.41, 5.74) is 1.13. The molecule has 104 valence electrons. The zero-order valence-corrected chi connectivity index (χ0v) is 11.9. The summed E-state index contributed by atoms with van der Waals surface area (Å²) < 4.78 is 0. The topological polar surface area (TPSA) is 66.4 Å². The Hall–Kier alpha value is -1.84. The molecule has 2 N–H and O–H groups in total. The Labute approximate surface area is 113 Å². The molecule has 0 aliphatic carbocycles. The third-order valence-corrected chi connectivity index (χ3v) is 3.25. The van der Waals surface area contributed by atoms with E-state index in [1.807, 2.05) is 32.9 Å². The van der Waals surface area contributed by atoms with E-state index >= 15 is 0 Å².